The second kappa shape index (κ2) is 15.2. The summed E-state index contributed by atoms with van der Waals surface area (Å²) in [6, 6.07) is 10.6. The second-order valence-corrected chi connectivity index (χ2v) is 10.5. The van der Waals surface area contributed by atoms with E-state index in [0.29, 0.717) is 31.4 Å². The number of carbonyl (C=O) groups is 2. The maximum absolute atomic E-state index is 11.2. The fourth-order valence-corrected chi connectivity index (χ4v) is 5.79. The highest BCUT2D eigenvalue weighted by molar-refractivity contribution is 8.00. The predicted octanol–water partition coefficient (Wildman–Crippen LogP) is 6.10. The Morgan fingerprint density at radius 3 is 2.27 bits per heavy atom. The Hall–Kier alpha value is -1.79. The molecular formula is C27H40O5S. The number of rotatable bonds is 16. The van der Waals surface area contributed by atoms with Crippen LogP contribution in [0.2, 0.25) is 0 Å². The summed E-state index contributed by atoms with van der Waals surface area (Å²) in [6.07, 6.45) is 15.5. The van der Waals surface area contributed by atoms with Gasteiger partial charge in [-0.3, -0.25) is 9.59 Å². The molecule has 0 heterocycles. The van der Waals surface area contributed by atoms with E-state index >= 15 is 0 Å². The van der Waals surface area contributed by atoms with E-state index in [1.807, 2.05) is 6.08 Å². The molecule has 1 aliphatic carbocycles. The van der Waals surface area contributed by atoms with Gasteiger partial charge in [0.05, 0.1) is 23.2 Å². The molecule has 2 rings (SSSR count). The summed E-state index contributed by atoms with van der Waals surface area (Å²) in [4.78, 5) is 22.1. The summed E-state index contributed by atoms with van der Waals surface area (Å²) in [5.41, 5.74) is 0.459. The van der Waals surface area contributed by atoms with Crippen molar-refractivity contribution >= 4 is 23.7 Å². The number of aliphatic carboxylic acids is 2. The minimum atomic E-state index is -0.954. The lowest BCUT2D eigenvalue weighted by atomic mass is 9.77. The number of carboxylic acid groups (broad SMARTS) is 2. The Morgan fingerprint density at radius 1 is 1.00 bits per heavy atom. The molecule has 0 aromatic heterocycles. The zero-order valence-corrected chi connectivity index (χ0v) is 20.5. The summed E-state index contributed by atoms with van der Waals surface area (Å²) < 4.78 is 0. The topological polar surface area (TPSA) is 94.8 Å². The Kier molecular flexibility index (Phi) is 12.6. The number of unbranched alkanes of at least 4 members (excludes halogenated alkanes) is 6. The third kappa shape index (κ3) is 10.8. The predicted molar refractivity (Wildman–Crippen MR) is 135 cm³/mol. The van der Waals surface area contributed by atoms with Crippen molar-refractivity contribution in [2.75, 3.05) is 5.75 Å². The first-order valence-corrected chi connectivity index (χ1v) is 13.4. The van der Waals surface area contributed by atoms with Gasteiger partial charge < -0.3 is 15.3 Å². The molecule has 5 nitrogen and oxygen atoms in total. The van der Waals surface area contributed by atoms with Gasteiger partial charge >= 0.3 is 11.9 Å². The Bertz CT molecular complexity index is 725. The summed E-state index contributed by atoms with van der Waals surface area (Å²) >= 11 is 1.48. The smallest absolute Gasteiger partial charge is 0.306 e. The normalized spacial score (nSPS) is 21.8. The van der Waals surface area contributed by atoms with E-state index in [1.54, 1.807) is 0 Å². The SMILES string of the molecule is O=C(O)CCS[C@@H](/C=C\CCCCCCCCc1ccccc1)C1(O)CCC(C(=O)O)CC1. The van der Waals surface area contributed by atoms with Crippen molar-refractivity contribution in [2.24, 2.45) is 5.92 Å². The summed E-state index contributed by atoms with van der Waals surface area (Å²) in [6.45, 7) is 0. The van der Waals surface area contributed by atoms with Gasteiger partial charge in [0.15, 0.2) is 0 Å². The van der Waals surface area contributed by atoms with Crippen molar-refractivity contribution in [2.45, 2.75) is 94.3 Å². The van der Waals surface area contributed by atoms with Crippen molar-refractivity contribution in [1.82, 2.24) is 0 Å². The van der Waals surface area contributed by atoms with E-state index < -0.39 is 17.5 Å². The molecule has 0 unspecified atom stereocenters. The van der Waals surface area contributed by atoms with E-state index in [9.17, 15) is 19.8 Å². The van der Waals surface area contributed by atoms with E-state index in [1.165, 1.54) is 49.4 Å². The van der Waals surface area contributed by atoms with Gasteiger partial charge in [-0.1, -0.05) is 68.2 Å². The van der Waals surface area contributed by atoms with Crippen LogP contribution in [0.1, 0.15) is 82.6 Å². The molecule has 1 aromatic carbocycles. The maximum Gasteiger partial charge on any atom is 0.306 e. The van der Waals surface area contributed by atoms with Crippen LogP contribution in [0.3, 0.4) is 0 Å². The minimum Gasteiger partial charge on any atom is -0.481 e. The van der Waals surface area contributed by atoms with Crippen LogP contribution in [0, 0.1) is 5.92 Å². The summed E-state index contributed by atoms with van der Waals surface area (Å²) in [5.74, 6) is -1.57. The van der Waals surface area contributed by atoms with Crippen LogP contribution in [-0.4, -0.2) is 43.9 Å². The number of thioether (sulfide) groups is 1. The quantitative estimate of drug-likeness (QED) is 0.197. The molecular weight excluding hydrogens is 436 g/mol. The Balaban J connectivity index is 1.67. The molecule has 0 aliphatic heterocycles. The van der Waals surface area contributed by atoms with Crippen LogP contribution < -0.4 is 0 Å². The molecule has 33 heavy (non-hydrogen) atoms. The fourth-order valence-electron chi connectivity index (χ4n) is 4.48. The van der Waals surface area contributed by atoms with Gasteiger partial charge in [0.1, 0.15) is 0 Å². The van der Waals surface area contributed by atoms with Gasteiger partial charge in [-0.25, -0.2) is 0 Å². The lowest BCUT2D eigenvalue weighted by molar-refractivity contribution is -0.144. The minimum absolute atomic E-state index is 0.0626. The maximum atomic E-state index is 11.2. The lowest BCUT2D eigenvalue weighted by Crippen LogP contribution is -2.44. The largest absolute Gasteiger partial charge is 0.481 e. The average Bonchev–Trinajstić information content (AvgIpc) is 2.79. The van der Waals surface area contributed by atoms with E-state index in [4.69, 9.17) is 5.11 Å². The van der Waals surface area contributed by atoms with Crippen LogP contribution in [0.15, 0.2) is 42.5 Å². The van der Waals surface area contributed by atoms with Crippen LogP contribution in [-0.2, 0) is 16.0 Å². The van der Waals surface area contributed by atoms with E-state index in [2.05, 4.69) is 36.4 Å². The molecule has 1 aliphatic rings. The van der Waals surface area contributed by atoms with E-state index in [-0.39, 0.29) is 17.6 Å². The number of allylic oxidation sites excluding steroid dienone is 1. The zero-order chi connectivity index (χ0) is 23.9. The fraction of sp³-hybridized carbons (Fsp3) is 0.630. The number of carboxylic acids is 2. The van der Waals surface area contributed by atoms with Crippen molar-refractivity contribution in [3.63, 3.8) is 0 Å². The highest BCUT2D eigenvalue weighted by Gasteiger charge is 2.40. The molecule has 184 valence electrons. The van der Waals surface area contributed by atoms with Gasteiger partial charge in [-0.05, 0) is 56.9 Å². The average molecular weight is 477 g/mol. The van der Waals surface area contributed by atoms with E-state index in [0.717, 1.165) is 19.3 Å². The van der Waals surface area contributed by atoms with Crippen LogP contribution in [0.5, 0.6) is 0 Å². The molecule has 3 N–H and O–H groups in total. The lowest BCUT2D eigenvalue weighted by Gasteiger charge is -2.39. The first-order valence-electron chi connectivity index (χ1n) is 12.4. The number of aryl methyl sites for hydroxylation is 1. The summed E-state index contributed by atoms with van der Waals surface area (Å²) in [7, 11) is 0. The number of hydrogen-bond acceptors (Lipinski definition) is 4. The van der Waals surface area contributed by atoms with Gasteiger partial charge in [-0.2, -0.15) is 11.8 Å². The van der Waals surface area contributed by atoms with Crippen molar-refractivity contribution in [3.8, 4) is 0 Å². The standard InChI is InChI=1S/C27H40O5S/c28-25(29)18-21-33-24(27(32)19-16-23(17-20-27)26(30)31)15-11-6-4-2-1-3-5-8-12-22-13-9-7-10-14-22/h7,9-11,13-15,23-24,32H,1-6,8,12,16-21H2,(H,28,29)(H,30,31)/b15-11-/t23?,24-,27?/m0/s1. The molecule has 6 heteroatoms. The zero-order valence-electron chi connectivity index (χ0n) is 19.7. The van der Waals surface area contributed by atoms with Crippen molar-refractivity contribution < 1.29 is 24.9 Å². The van der Waals surface area contributed by atoms with Gasteiger partial charge in [-0.15, -0.1) is 0 Å². The molecule has 0 spiro atoms. The molecule has 0 radical (unpaired) electrons. The van der Waals surface area contributed by atoms with Crippen LogP contribution in [0.4, 0.5) is 0 Å². The number of benzene rings is 1. The third-order valence-corrected chi connectivity index (χ3v) is 7.98. The number of hydrogen-bond donors (Lipinski definition) is 3. The first-order chi connectivity index (χ1) is 15.9. The molecule has 1 saturated carbocycles. The first kappa shape index (κ1) is 27.5. The molecule has 1 atom stereocenters. The second-order valence-electron chi connectivity index (χ2n) is 9.22. The molecule has 1 aromatic rings. The highest BCUT2D eigenvalue weighted by Crippen LogP contribution is 2.40. The van der Waals surface area contributed by atoms with Crippen LogP contribution in [0.25, 0.3) is 0 Å². The molecule has 0 bridgehead atoms. The molecule has 1 fully saturated rings. The summed E-state index contributed by atoms with van der Waals surface area (Å²) in [5, 5.41) is 29.2. The van der Waals surface area contributed by atoms with Gasteiger partial charge in [0.2, 0.25) is 0 Å². The monoisotopic (exact) mass is 476 g/mol. The van der Waals surface area contributed by atoms with Crippen molar-refractivity contribution in [1.29, 1.82) is 0 Å². The Morgan fingerprint density at radius 2 is 1.64 bits per heavy atom. The molecule has 0 amide bonds. The third-order valence-electron chi connectivity index (χ3n) is 6.58. The van der Waals surface area contributed by atoms with Crippen molar-refractivity contribution in [3.05, 3.63) is 48.0 Å². The molecule has 0 saturated heterocycles. The van der Waals surface area contributed by atoms with Gasteiger partial charge in [0, 0.05) is 5.75 Å². The highest BCUT2D eigenvalue weighted by atomic mass is 32.2. The number of aliphatic hydroxyl groups is 1. The van der Waals surface area contributed by atoms with Gasteiger partial charge in [0.25, 0.3) is 0 Å². The van der Waals surface area contributed by atoms with Crippen LogP contribution >= 0.6 is 11.8 Å². The Labute approximate surface area is 202 Å².